The molecule has 1 saturated heterocycles. The SMILES string of the molecule is COc1ccc(-c2ccccc2)cc1CN1CC(C(=O)O)C1. The highest BCUT2D eigenvalue weighted by molar-refractivity contribution is 5.71. The van der Waals surface area contributed by atoms with Gasteiger partial charge in [-0.25, -0.2) is 0 Å². The van der Waals surface area contributed by atoms with Gasteiger partial charge in [-0.3, -0.25) is 9.69 Å². The van der Waals surface area contributed by atoms with Crippen molar-refractivity contribution in [2.45, 2.75) is 6.54 Å². The molecule has 2 aromatic rings. The molecule has 1 fully saturated rings. The summed E-state index contributed by atoms with van der Waals surface area (Å²) in [4.78, 5) is 13.0. The molecule has 1 aliphatic heterocycles. The Bertz CT molecular complexity index is 663. The van der Waals surface area contributed by atoms with Crippen molar-refractivity contribution >= 4 is 5.97 Å². The van der Waals surface area contributed by atoms with Gasteiger partial charge < -0.3 is 9.84 Å². The van der Waals surface area contributed by atoms with E-state index < -0.39 is 5.97 Å². The average Bonchev–Trinajstić information content (AvgIpc) is 2.50. The molecule has 0 radical (unpaired) electrons. The maximum Gasteiger partial charge on any atom is 0.309 e. The number of hydrogen-bond acceptors (Lipinski definition) is 3. The standard InChI is InChI=1S/C18H19NO3/c1-22-17-8-7-14(13-5-3-2-4-6-13)9-15(17)10-19-11-16(12-19)18(20)21/h2-9,16H,10-12H2,1H3,(H,20,21). The summed E-state index contributed by atoms with van der Waals surface area (Å²) in [6.45, 7) is 1.93. The second-order valence-electron chi connectivity index (χ2n) is 5.62. The number of hydrogen-bond donors (Lipinski definition) is 1. The van der Waals surface area contributed by atoms with E-state index in [-0.39, 0.29) is 5.92 Å². The first-order valence-electron chi connectivity index (χ1n) is 7.35. The average molecular weight is 297 g/mol. The van der Waals surface area contributed by atoms with Crippen LogP contribution in [0.15, 0.2) is 48.5 Å². The Morgan fingerprint density at radius 2 is 1.91 bits per heavy atom. The molecule has 1 aliphatic rings. The van der Waals surface area contributed by atoms with Gasteiger partial charge in [0.15, 0.2) is 0 Å². The van der Waals surface area contributed by atoms with Crippen molar-refractivity contribution in [3.05, 3.63) is 54.1 Å². The Morgan fingerprint density at radius 3 is 2.55 bits per heavy atom. The molecule has 0 bridgehead atoms. The number of carboxylic acid groups (broad SMARTS) is 1. The van der Waals surface area contributed by atoms with E-state index in [9.17, 15) is 4.79 Å². The first-order chi connectivity index (χ1) is 10.7. The number of carboxylic acids is 1. The van der Waals surface area contributed by atoms with Crippen LogP contribution in [0.5, 0.6) is 5.75 Å². The van der Waals surface area contributed by atoms with Crippen molar-refractivity contribution in [2.24, 2.45) is 5.92 Å². The quantitative estimate of drug-likeness (QED) is 0.922. The molecule has 0 aliphatic carbocycles. The molecule has 0 atom stereocenters. The topological polar surface area (TPSA) is 49.8 Å². The van der Waals surface area contributed by atoms with Gasteiger partial charge in [0.2, 0.25) is 0 Å². The van der Waals surface area contributed by atoms with E-state index in [0.717, 1.165) is 16.9 Å². The maximum absolute atomic E-state index is 10.9. The molecule has 22 heavy (non-hydrogen) atoms. The minimum atomic E-state index is -0.707. The molecule has 4 heteroatoms. The van der Waals surface area contributed by atoms with E-state index in [1.54, 1.807) is 7.11 Å². The normalized spacial score (nSPS) is 15.3. The number of nitrogens with zero attached hydrogens (tertiary/aromatic N) is 1. The first kappa shape index (κ1) is 14.6. The molecule has 3 rings (SSSR count). The predicted molar refractivity (Wildman–Crippen MR) is 84.8 cm³/mol. The number of likely N-dealkylation sites (tertiary alicyclic amines) is 1. The van der Waals surface area contributed by atoms with Crippen LogP contribution >= 0.6 is 0 Å². The van der Waals surface area contributed by atoms with Crippen LogP contribution in [0.2, 0.25) is 0 Å². The monoisotopic (exact) mass is 297 g/mol. The largest absolute Gasteiger partial charge is 0.496 e. The number of rotatable bonds is 5. The van der Waals surface area contributed by atoms with Gasteiger partial charge in [-0.15, -0.1) is 0 Å². The Hall–Kier alpha value is -2.33. The van der Waals surface area contributed by atoms with Gasteiger partial charge in [0.1, 0.15) is 5.75 Å². The van der Waals surface area contributed by atoms with Crippen LogP contribution in [0.3, 0.4) is 0 Å². The van der Waals surface area contributed by atoms with E-state index in [1.165, 1.54) is 5.56 Å². The van der Waals surface area contributed by atoms with E-state index in [0.29, 0.717) is 19.6 Å². The number of ether oxygens (including phenoxy) is 1. The molecule has 1 heterocycles. The lowest BCUT2D eigenvalue weighted by Gasteiger charge is -2.36. The number of aliphatic carboxylic acids is 1. The number of methoxy groups -OCH3 is 1. The van der Waals surface area contributed by atoms with Gasteiger partial charge in [0.05, 0.1) is 13.0 Å². The molecular weight excluding hydrogens is 278 g/mol. The van der Waals surface area contributed by atoms with Gasteiger partial charge >= 0.3 is 5.97 Å². The zero-order valence-electron chi connectivity index (χ0n) is 12.5. The molecule has 114 valence electrons. The van der Waals surface area contributed by atoms with Crippen molar-refractivity contribution in [1.29, 1.82) is 0 Å². The fraction of sp³-hybridized carbons (Fsp3) is 0.278. The van der Waals surface area contributed by atoms with Crippen LogP contribution in [0.1, 0.15) is 5.56 Å². The van der Waals surface area contributed by atoms with Gasteiger partial charge in [-0.2, -0.15) is 0 Å². The molecule has 0 amide bonds. The zero-order valence-corrected chi connectivity index (χ0v) is 12.5. The van der Waals surface area contributed by atoms with Gasteiger partial charge in [-0.1, -0.05) is 36.4 Å². The lowest BCUT2D eigenvalue weighted by molar-refractivity contribution is -0.147. The summed E-state index contributed by atoms with van der Waals surface area (Å²) < 4.78 is 5.44. The lowest BCUT2D eigenvalue weighted by Crippen LogP contribution is -2.49. The zero-order chi connectivity index (χ0) is 15.5. The van der Waals surface area contributed by atoms with Crippen LogP contribution in [0.4, 0.5) is 0 Å². The number of benzene rings is 2. The third-order valence-corrected chi connectivity index (χ3v) is 4.09. The van der Waals surface area contributed by atoms with E-state index in [1.807, 2.05) is 30.3 Å². The number of carbonyl (C=O) groups is 1. The van der Waals surface area contributed by atoms with E-state index in [4.69, 9.17) is 9.84 Å². The van der Waals surface area contributed by atoms with Crippen LogP contribution in [-0.2, 0) is 11.3 Å². The molecule has 1 N–H and O–H groups in total. The Kier molecular flexibility index (Phi) is 4.11. The summed E-state index contributed by atoms with van der Waals surface area (Å²) in [5.74, 6) is -0.0944. The molecule has 0 aromatic heterocycles. The fourth-order valence-corrected chi connectivity index (χ4v) is 2.81. The Morgan fingerprint density at radius 1 is 1.18 bits per heavy atom. The molecular formula is C18H19NO3. The summed E-state index contributed by atoms with van der Waals surface area (Å²) in [5.41, 5.74) is 3.40. The third kappa shape index (κ3) is 2.97. The molecule has 0 spiro atoms. The predicted octanol–water partition coefficient (Wildman–Crippen LogP) is 2.88. The van der Waals surface area contributed by atoms with Gasteiger partial charge in [0, 0.05) is 25.2 Å². The van der Waals surface area contributed by atoms with Crippen molar-refractivity contribution in [3.63, 3.8) is 0 Å². The van der Waals surface area contributed by atoms with Crippen LogP contribution in [-0.4, -0.2) is 36.2 Å². The minimum absolute atomic E-state index is 0.233. The van der Waals surface area contributed by atoms with Crippen LogP contribution < -0.4 is 4.74 Å². The van der Waals surface area contributed by atoms with E-state index in [2.05, 4.69) is 23.1 Å². The molecule has 2 aromatic carbocycles. The smallest absolute Gasteiger partial charge is 0.309 e. The molecule has 4 nitrogen and oxygen atoms in total. The van der Waals surface area contributed by atoms with Gasteiger partial charge in [-0.05, 0) is 23.3 Å². The highest BCUT2D eigenvalue weighted by Gasteiger charge is 2.32. The van der Waals surface area contributed by atoms with Crippen molar-refractivity contribution in [1.82, 2.24) is 4.90 Å². The van der Waals surface area contributed by atoms with Crippen LogP contribution in [0, 0.1) is 5.92 Å². The minimum Gasteiger partial charge on any atom is -0.496 e. The summed E-state index contributed by atoms with van der Waals surface area (Å²) in [6, 6.07) is 16.4. The second-order valence-corrected chi connectivity index (χ2v) is 5.62. The Balaban J connectivity index is 1.79. The second kappa shape index (κ2) is 6.20. The summed E-state index contributed by atoms with van der Waals surface area (Å²) in [5, 5.41) is 8.96. The summed E-state index contributed by atoms with van der Waals surface area (Å²) in [7, 11) is 1.66. The Labute approximate surface area is 130 Å². The summed E-state index contributed by atoms with van der Waals surface area (Å²) >= 11 is 0. The van der Waals surface area contributed by atoms with Crippen molar-refractivity contribution < 1.29 is 14.6 Å². The fourth-order valence-electron chi connectivity index (χ4n) is 2.81. The first-order valence-corrected chi connectivity index (χ1v) is 7.35. The maximum atomic E-state index is 10.9. The lowest BCUT2D eigenvalue weighted by atomic mass is 9.98. The van der Waals surface area contributed by atoms with E-state index >= 15 is 0 Å². The third-order valence-electron chi connectivity index (χ3n) is 4.09. The van der Waals surface area contributed by atoms with Crippen LogP contribution in [0.25, 0.3) is 11.1 Å². The molecule has 0 unspecified atom stereocenters. The highest BCUT2D eigenvalue weighted by atomic mass is 16.5. The van der Waals surface area contributed by atoms with Crippen molar-refractivity contribution in [2.75, 3.05) is 20.2 Å². The molecule has 0 saturated carbocycles. The van der Waals surface area contributed by atoms with Crippen molar-refractivity contribution in [3.8, 4) is 16.9 Å². The van der Waals surface area contributed by atoms with Gasteiger partial charge in [0.25, 0.3) is 0 Å². The highest BCUT2D eigenvalue weighted by Crippen LogP contribution is 2.29. The summed E-state index contributed by atoms with van der Waals surface area (Å²) in [6.07, 6.45) is 0.